The molecule has 5 aliphatic rings. The number of hydrogen-bond acceptors (Lipinski definition) is 5. The lowest BCUT2D eigenvalue weighted by molar-refractivity contribution is -0.177. The second-order valence-electron chi connectivity index (χ2n) is 9.11. The molecule has 3 atom stereocenters. The number of alkyl halides is 1. The molecule has 7 nitrogen and oxygen atoms in total. The first-order chi connectivity index (χ1) is 15.1. The molecular weight excluding hydrogens is 403 g/mol. The molecule has 1 unspecified atom stereocenters. The van der Waals surface area contributed by atoms with E-state index in [-0.39, 0.29) is 31.8 Å². The number of para-hydroxylation sites is 1. The third-order valence-electron chi connectivity index (χ3n) is 7.30. The quantitative estimate of drug-likeness (QED) is 0.681. The van der Waals surface area contributed by atoms with Gasteiger partial charge in [0.1, 0.15) is 5.75 Å². The molecule has 0 aromatic heterocycles. The van der Waals surface area contributed by atoms with Crippen LogP contribution in [0, 0.1) is 0 Å². The summed E-state index contributed by atoms with van der Waals surface area (Å²) in [6.07, 6.45) is 3.30. The van der Waals surface area contributed by atoms with Gasteiger partial charge in [0, 0.05) is 6.54 Å². The minimum Gasteiger partial charge on any atom is -0.483 e. The van der Waals surface area contributed by atoms with Crippen molar-refractivity contribution >= 4 is 11.8 Å². The maximum atomic E-state index is 13.7. The Kier molecular flexibility index (Phi) is 5.60. The SMILES string of the molecule is O=C1N[C@@]2(CCCN3C(=O)COc4ccccc4C4CCC(CC4)OC[C@@H]32)COC1F. The number of fused-ring (bicyclic) bond motifs is 5. The summed E-state index contributed by atoms with van der Waals surface area (Å²) in [5.74, 6) is 0.213. The molecule has 0 radical (unpaired) electrons. The molecule has 4 heterocycles. The summed E-state index contributed by atoms with van der Waals surface area (Å²) in [4.78, 5) is 27.1. The van der Waals surface area contributed by atoms with Gasteiger partial charge in [0.15, 0.2) is 6.61 Å². The summed E-state index contributed by atoms with van der Waals surface area (Å²) in [7, 11) is 0. The van der Waals surface area contributed by atoms with E-state index < -0.39 is 23.8 Å². The zero-order chi connectivity index (χ0) is 21.4. The Morgan fingerprint density at radius 3 is 2.71 bits per heavy atom. The molecular formula is C23H29FN2O5. The summed E-state index contributed by atoms with van der Waals surface area (Å²) in [6, 6.07) is 7.53. The van der Waals surface area contributed by atoms with E-state index in [1.165, 1.54) is 0 Å². The average molecular weight is 432 g/mol. The van der Waals surface area contributed by atoms with Gasteiger partial charge in [0.05, 0.1) is 30.9 Å². The number of ether oxygens (including phenoxy) is 3. The number of halogens is 1. The van der Waals surface area contributed by atoms with Crippen molar-refractivity contribution < 1.29 is 28.2 Å². The monoisotopic (exact) mass is 432 g/mol. The molecule has 6 rings (SSSR count). The van der Waals surface area contributed by atoms with Gasteiger partial charge in [0.2, 0.25) is 0 Å². The van der Waals surface area contributed by atoms with Crippen molar-refractivity contribution in [1.82, 2.24) is 10.2 Å². The van der Waals surface area contributed by atoms with E-state index in [1.807, 2.05) is 18.2 Å². The maximum absolute atomic E-state index is 13.7. The number of morpholine rings is 1. The Morgan fingerprint density at radius 2 is 1.90 bits per heavy atom. The average Bonchev–Trinajstić information content (AvgIpc) is 2.81. The molecule has 1 aliphatic carbocycles. The molecule has 1 saturated carbocycles. The van der Waals surface area contributed by atoms with Gasteiger partial charge in [0.25, 0.3) is 18.2 Å². The van der Waals surface area contributed by atoms with Crippen molar-refractivity contribution in [2.24, 2.45) is 0 Å². The second kappa shape index (κ2) is 8.39. The van der Waals surface area contributed by atoms with Crippen LogP contribution in [-0.4, -0.2) is 67.1 Å². The number of hydrogen-bond donors (Lipinski definition) is 1. The van der Waals surface area contributed by atoms with Gasteiger partial charge in [-0.25, -0.2) is 4.39 Å². The lowest BCUT2D eigenvalue weighted by Gasteiger charge is -2.51. The molecule has 1 aromatic rings. The van der Waals surface area contributed by atoms with Crippen LogP contribution in [0.3, 0.4) is 0 Å². The Bertz CT molecular complexity index is 843. The lowest BCUT2D eigenvalue weighted by Crippen LogP contribution is -2.73. The predicted octanol–water partition coefficient (Wildman–Crippen LogP) is 2.29. The Labute approximate surface area is 181 Å². The lowest BCUT2D eigenvalue weighted by atomic mass is 9.80. The van der Waals surface area contributed by atoms with Crippen LogP contribution in [0.2, 0.25) is 0 Å². The van der Waals surface area contributed by atoms with Gasteiger partial charge in [-0.3, -0.25) is 9.59 Å². The van der Waals surface area contributed by atoms with Gasteiger partial charge in [-0.2, -0.15) is 0 Å². The van der Waals surface area contributed by atoms with Crippen LogP contribution in [0.25, 0.3) is 0 Å². The Morgan fingerprint density at radius 1 is 1.10 bits per heavy atom. The van der Waals surface area contributed by atoms with Crippen molar-refractivity contribution in [2.45, 2.75) is 68.5 Å². The van der Waals surface area contributed by atoms with Crippen molar-refractivity contribution in [3.63, 3.8) is 0 Å². The van der Waals surface area contributed by atoms with Gasteiger partial charge in [-0.1, -0.05) is 18.2 Å². The molecule has 8 heteroatoms. The first kappa shape index (κ1) is 20.7. The normalized spacial score (nSPS) is 36.4. The summed E-state index contributed by atoms with van der Waals surface area (Å²) in [5, 5.41) is 2.83. The summed E-state index contributed by atoms with van der Waals surface area (Å²) in [6.45, 7) is 0.769. The highest BCUT2D eigenvalue weighted by atomic mass is 19.1. The van der Waals surface area contributed by atoms with Crippen molar-refractivity contribution in [3.8, 4) is 5.75 Å². The number of carbonyl (C=O) groups is 2. The number of carbonyl (C=O) groups excluding carboxylic acids is 2. The number of piperidine rings is 1. The van der Waals surface area contributed by atoms with Crippen molar-refractivity contribution in [3.05, 3.63) is 29.8 Å². The zero-order valence-corrected chi connectivity index (χ0v) is 17.6. The zero-order valence-electron chi connectivity index (χ0n) is 17.6. The van der Waals surface area contributed by atoms with E-state index in [2.05, 4.69) is 11.4 Å². The van der Waals surface area contributed by atoms with E-state index in [9.17, 15) is 14.0 Å². The summed E-state index contributed by atoms with van der Waals surface area (Å²) >= 11 is 0. The topological polar surface area (TPSA) is 77.1 Å². The molecule has 168 valence electrons. The first-order valence-corrected chi connectivity index (χ1v) is 11.3. The predicted molar refractivity (Wildman–Crippen MR) is 109 cm³/mol. The molecule has 1 N–H and O–H groups in total. The minimum atomic E-state index is -1.97. The van der Waals surface area contributed by atoms with Gasteiger partial charge < -0.3 is 24.4 Å². The molecule has 4 aliphatic heterocycles. The van der Waals surface area contributed by atoms with Crippen LogP contribution in [0.1, 0.15) is 50.0 Å². The number of nitrogens with zero attached hydrogens (tertiary/aromatic N) is 1. The summed E-state index contributed by atoms with van der Waals surface area (Å²) in [5.41, 5.74) is 0.310. The third kappa shape index (κ3) is 3.91. The van der Waals surface area contributed by atoms with E-state index in [0.717, 1.165) is 37.0 Å². The number of benzene rings is 1. The minimum absolute atomic E-state index is 0.0220. The highest BCUT2D eigenvalue weighted by Crippen LogP contribution is 2.39. The molecule has 1 aromatic carbocycles. The Balaban J connectivity index is 1.45. The molecule has 31 heavy (non-hydrogen) atoms. The smallest absolute Gasteiger partial charge is 0.282 e. The van der Waals surface area contributed by atoms with Gasteiger partial charge >= 0.3 is 0 Å². The highest BCUT2D eigenvalue weighted by molar-refractivity contribution is 5.82. The Hall–Kier alpha value is -2.19. The first-order valence-electron chi connectivity index (χ1n) is 11.3. The molecule has 1 spiro atoms. The van der Waals surface area contributed by atoms with Crippen LogP contribution in [0.15, 0.2) is 24.3 Å². The van der Waals surface area contributed by atoms with Crippen molar-refractivity contribution in [2.75, 3.05) is 26.4 Å². The number of amides is 2. The maximum Gasteiger partial charge on any atom is 0.282 e. The third-order valence-corrected chi connectivity index (χ3v) is 7.30. The number of nitrogens with one attached hydrogen (secondary N) is 1. The van der Waals surface area contributed by atoms with Gasteiger partial charge in [-0.15, -0.1) is 0 Å². The standard InChI is InChI=1S/C23H29FN2O5/c24-21-22(28)25-23(14-31-21)10-3-11-26-19(23)12-29-16-8-6-15(7-9-16)17-4-1-2-5-18(17)30-13-20(26)27/h1-2,4-5,15-16,19,21H,3,6-14H2,(H,25,28)/t15?,16?,19-,21?,23+/m1/s1. The molecule has 2 amide bonds. The van der Waals surface area contributed by atoms with E-state index in [0.29, 0.717) is 25.3 Å². The molecule has 2 saturated heterocycles. The van der Waals surface area contributed by atoms with Crippen molar-refractivity contribution in [1.29, 1.82) is 0 Å². The van der Waals surface area contributed by atoms with E-state index in [1.54, 1.807) is 4.90 Å². The largest absolute Gasteiger partial charge is 0.483 e. The fourth-order valence-corrected chi connectivity index (χ4v) is 5.62. The fraction of sp³-hybridized carbons (Fsp3) is 0.652. The van der Waals surface area contributed by atoms with E-state index >= 15 is 0 Å². The van der Waals surface area contributed by atoms with Crippen LogP contribution >= 0.6 is 0 Å². The van der Waals surface area contributed by atoms with Crippen LogP contribution < -0.4 is 10.1 Å². The summed E-state index contributed by atoms with van der Waals surface area (Å²) < 4.78 is 31.2. The molecule has 3 fully saturated rings. The fourth-order valence-electron chi connectivity index (χ4n) is 5.62. The molecule has 2 bridgehead atoms. The van der Waals surface area contributed by atoms with Crippen LogP contribution in [0.4, 0.5) is 4.39 Å². The highest BCUT2D eigenvalue weighted by Gasteiger charge is 2.51. The van der Waals surface area contributed by atoms with E-state index in [4.69, 9.17) is 14.2 Å². The van der Waals surface area contributed by atoms with Crippen LogP contribution in [-0.2, 0) is 19.1 Å². The number of rotatable bonds is 0. The van der Waals surface area contributed by atoms with Crippen LogP contribution in [0.5, 0.6) is 5.75 Å². The second-order valence-corrected chi connectivity index (χ2v) is 9.11. The van der Waals surface area contributed by atoms with Gasteiger partial charge in [-0.05, 0) is 56.1 Å².